The molecule has 0 amide bonds. The van der Waals surface area contributed by atoms with Gasteiger partial charge in [-0.15, -0.1) is 0 Å². The molecule has 2 heterocycles. The SMILES string of the molecule is Cc1c(-c2ccc(O)cc2)n(Cc2ccc(C#CCN3CCCCC3)cc2)c2ccc(O)cc12. The van der Waals surface area contributed by atoms with E-state index in [1.165, 1.54) is 37.9 Å². The van der Waals surface area contributed by atoms with Crippen LogP contribution >= 0.6 is 0 Å². The van der Waals surface area contributed by atoms with Crippen molar-refractivity contribution in [2.75, 3.05) is 19.6 Å². The zero-order chi connectivity index (χ0) is 23.5. The van der Waals surface area contributed by atoms with Crippen molar-refractivity contribution >= 4 is 10.9 Å². The van der Waals surface area contributed by atoms with Gasteiger partial charge in [-0.25, -0.2) is 0 Å². The lowest BCUT2D eigenvalue weighted by molar-refractivity contribution is 0.255. The van der Waals surface area contributed by atoms with Crippen LogP contribution in [-0.2, 0) is 6.54 Å². The van der Waals surface area contributed by atoms with E-state index in [4.69, 9.17) is 0 Å². The molecule has 0 unspecified atom stereocenters. The van der Waals surface area contributed by atoms with Gasteiger partial charge in [-0.2, -0.15) is 0 Å². The van der Waals surface area contributed by atoms with Gasteiger partial charge in [0.25, 0.3) is 0 Å². The lowest BCUT2D eigenvalue weighted by atomic mass is 10.1. The zero-order valence-corrected chi connectivity index (χ0v) is 19.6. The van der Waals surface area contributed by atoms with E-state index in [0.717, 1.165) is 39.8 Å². The Morgan fingerprint density at radius 1 is 0.824 bits per heavy atom. The number of aryl methyl sites for hydroxylation is 1. The van der Waals surface area contributed by atoms with Crippen LogP contribution in [0.3, 0.4) is 0 Å². The van der Waals surface area contributed by atoms with Crippen molar-refractivity contribution < 1.29 is 10.2 Å². The van der Waals surface area contributed by atoms with E-state index in [1.807, 2.05) is 24.3 Å². The summed E-state index contributed by atoms with van der Waals surface area (Å²) in [7, 11) is 0. The van der Waals surface area contributed by atoms with Gasteiger partial charge >= 0.3 is 0 Å². The highest BCUT2D eigenvalue weighted by atomic mass is 16.3. The Hall–Kier alpha value is -3.68. The minimum Gasteiger partial charge on any atom is -0.508 e. The Balaban J connectivity index is 1.43. The largest absolute Gasteiger partial charge is 0.508 e. The zero-order valence-electron chi connectivity index (χ0n) is 19.6. The molecule has 0 radical (unpaired) electrons. The molecule has 4 aromatic rings. The lowest BCUT2D eigenvalue weighted by Gasteiger charge is -2.23. The Kier molecular flexibility index (Phi) is 6.29. The smallest absolute Gasteiger partial charge is 0.116 e. The van der Waals surface area contributed by atoms with Gasteiger partial charge in [0.15, 0.2) is 0 Å². The molecule has 34 heavy (non-hydrogen) atoms. The molecule has 1 aliphatic rings. The average Bonchev–Trinajstić information content (AvgIpc) is 3.12. The van der Waals surface area contributed by atoms with Crippen molar-refractivity contribution in [1.29, 1.82) is 0 Å². The number of hydrogen-bond donors (Lipinski definition) is 2. The van der Waals surface area contributed by atoms with E-state index in [-0.39, 0.29) is 11.5 Å². The summed E-state index contributed by atoms with van der Waals surface area (Å²) in [6, 6.07) is 21.3. The molecule has 1 aromatic heterocycles. The lowest BCUT2D eigenvalue weighted by Crippen LogP contribution is -2.29. The first kappa shape index (κ1) is 22.1. The molecule has 1 aliphatic heterocycles. The second-order valence-electron chi connectivity index (χ2n) is 9.14. The second-order valence-corrected chi connectivity index (χ2v) is 9.14. The van der Waals surface area contributed by atoms with Gasteiger partial charge < -0.3 is 14.8 Å². The van der Waals surface area contributed by atoms with Gasteiger partial charge in [-0.3, -0.25) is 4.90 Å². The van der Waals surface area contributed by atoms with Crippen LogP contribution in [0.5, 0.6) is 11.5 Å². The predicted molar refractivity (Wildman–Crippen MR) is 138 cm³/mol. The van der Waals surface area contributed by atoms with Crippen molar-refractivity contribution in [1.82, 2.24) is 9.47 Å². The maximum atomic E-state index is 10.1. The maximum absolute atomic E-state index is 10.1. The fraction of sp³-hybridized carbons (Fsp3) is 0.267. The Labute approximate surface area is 201 Å². The van der Waals surface area contributed by atoms with Gasteiger partial charge in [0.1, 0.15) is 11.5 Å². The molecule has 2 N–H and O–H groups in total. The number of aromatic hydroxyl groups is 2. The number of benzene rings is 3. The number of hydrogen-bond acceptors (Lipinski definition) is 3. The molecular formula is C30H30N2O2. The van der Waals surface area contributed by atoms with E-state index in [2.05, 4.69) is 52.5 Å². The summed E-state index contributed by atoms with van der Waals surface area (Å²) in [5, 5.41) is 20.9. The Morgan fingerprint density at radius 3 is 2.26 bits per heavy atom. The summed E-state index contributed by atoms with van der Waals surface area (Å²) in [5.41, 5.74) is 6.53. The molecule has 0 saturated carbocycles. The first-order valence-electron chi connectivity index (χ1n) is 12.0. The Morgan fingerprint density at radius 2 is 1.53 bits per heavy atom. The number of nitrogens with zero attached hydrogens (tertiary/aromatic N) is 2. The fourth-order valence-electron chi connectivity index (χ4n) is 4.91. The maximum Gasteiger partial charge on any atom is 0.116 e. The van der Waals surface area contributed by atoms with Crippen molar-refractivity contribution in [2.24, 2.45) is 0 Å². The van der Waals surface area contributed by atoms with Gasteiger partial charge in [-0.1, -0.05) is 30.4 Å². The number of piperidine rings is 1. The fourth-order valence-corrected chi connectivity index (χ4v) is 4.91. The highest BCUT2D eigenvalue weighted by Gasteiger charge is 2.17. The second kappa shape index (κ2) is 9.67. The highest BCUT2D eigenvalue weighted by molar-refractivity contribution is 5.92. The third-order valence-electron chi connectivity index (χ3n) is 6.72. The minimum absolute atomic E-state index is 0.249. The topological polar surface area (TPSA) is 48.6 Å². The number of rotatable bonds is 4. The standard InChI is InChI=1S/C30H30N2O2/c1-22-28-20-27(34)15-16-29(28)32(30(22)25-11-13-26(33)14-12-25)21-24-9-7-23(8-10-24)6-5-19-31-17-3-2-4-18-31/h7-16,20,33-34H,2-4,17-19,21H2,1H3. The molecule has 3 aromatic carbocycles. The number of fused-ring (bicyclic) bond motifs is 1. The minimum atomic E-state index is 0.249. The molecule has 4 heteroatoms. The third kappa shape index (κ3) is 4.66. The molecule has 1 saturated heterocycles. The van der Waals surface area contributed by atoms with Crippen LogP contribution in [0.2, 0.25) is 0 Å². The van der Waals surface area contributed by atoms with Crippen LogP contribution in [0.15, 0.2) is 66.7 Å². The van der Waals surface area contributed by atoms with Gasteiger partial charge in [0, 0.05) is 23.0 Å². The average molecular weight is 451 g/mol. The molecule has 4 nitrogen and oxygen atoms in total. The van der Waals surface area contributed by atoms with Crippen molar-refractivity contribution in [2.45, 2.75) is 32.7 Å². The monoisotopic (exact) mass is 450 g/mol. The van der Waals surface area contributed by atoms with Crippen LogP contribution in [0.1, 0.15) is 36.0 Å². The summed E-state index contributed by atoms with van der Waals surface area (Å²) in [5.74, 6) is 7.16. The summed E-state index contributed by atoms with van der Waals surface area (Å²) in [4.78, 5) is 2.44. The molecule has 1 fully saturated rings. The van der Waals surface area contributed by atoms with E-state index in [1.54, 1.807) is 18.2 Å². The van der Waals surface area contributed by atoms with Crippen molar-refractivity contribution in [3.05, 3.63) is 83.4 Å². The third-order valence-corrected chi connectivity index (χ3v) is 6.72. The van der Waals surface area contributed by atoms with Crippen LogP contribution < -0.4 is 0 Å². The number of phenols is 2. The van der Waals surface area contributed by atoms with Gasteiger partial charge in [0.05, 0.1) is 12.2 Å². The number of likely N-dealkylation sites (tertiary alicyclic amines) is 1. The number of phenolic OH excluding ortho intramolecular Hbond substituents is 2. The van der Waals surface area contributed by atoms with Crippen molar-refractivity contribution in [3.8, 4) is 34.6 Å². The molecule has 0 spiro atoms. The number of aromatic nitrogens is 1. The highest BCUT2D eigenvalue weighted by Crippen LogP contribution is 2.36. The van der Waals surface area contributed by atoms with E-state index in [9.17, 15) is 10.2 Å². The summed E-state index contributed by atoms with van der Waals surface area (Å²) >= 11 is 0. The normalized spacial score (nSPS) is 14.1. The van der Waals surface area contributed by atoms with Gasteiger partial charge in [0.2, 0.25) is 0 Å². The first-order valence-corrected chi connectivity index (χ1v) is 12.0. The van der Waals surface area contributed by atoms with Crippen LogP contribution in [0, 0.1) is 18.8 Å². The van der Waals surface area contributed by atoms with Crippen LogP contribution in [0.25, 0.3) is 22.2 Å². The van der Waals surface area contributed by atoms with Gasteiger partial charge in [-0.05, 0) is 104 Å². The Bertz CT molecular complexity index is 1350. The van der Waals surface area contributed by atoms with E-state index in [0.29, 0.717) is 6.54 Å². The predicted octanol–water partition coefficient (Wildman–Crippen LogP) is 5.91. The summed E-state index contributed by atoms with van der Waals surface area (Å²) < 4.78 is 2.29. The first-order chi connectivity index (χ1) is 16.6. The van der Waals surface area contributed by atoms with Crippen LogP contribution in [0.4, 0.5) is 0 Å². The van der Waals surface area contributed by atoms with E-state index >= 15 is 0 Å². The van der Waals surface area contributed by atoms with Crippen molar-refractivity contribution in [3.63, 3.8) is 0 Å². The molecule has 0 aliphatic carbocycles. The molecule has 5 rings (SSSR count). The molecule has 0 bridgehead atoms. The molecule has 172 valence electrons. The summed E-state index contributed by atoms with van der Waals surface area (Å²) in [6.45, 7) is 5.96. The van der Waals surface area contributed by atoms with E-state index < -0.39 is 0 Å². The molecular weight excluding hydrogens is 420 g/mol. The molecule has 0 atom stereocenters. The summed E-state index contributed by atoms with van der Waals surface area (Å²) in [6.07, 6.45) is 3.92. The van der Waals surface area contributed by atoms with Crippen LogP contribution in [-0.4, -0.2) is 39.3 Å². The quantitative estimate of drug-likeness (QED) is 0.380.